The Morgan fingerprint density at radius 3 is 2.75 bits per heavy atom. The van der Waals surface area contributed by atoms with E-state index in [2.05, 4.69) is 11.6 Å². The van der Waals surface area contributed by atoms with Gasteiger partial charge in [-0.05, 0) is 7.02 Å². The molecule has 46 valence electrons. The smallest absolute Gasteiger partial charge is 0.154 e. The molecule has 1 heterocycles. The van der Waals surface area contributed by atoms with E-state index in [9.17, 15) is 0 Å². The largest absolute Gasteiger partial charge is 0.294 e. The van der Waals surface area contributed by atoms with Crippen LogP contribution in [0.25, 0.3) is 0 Å². The summed E-state index contributed by atoms with van der Waals surface area (Å²) in [6.07, 6.45) is 0. The van der Waals surface area contributed by atoms with Crippen LogP contribution in [-0.2, 0) is 0 Å². The van der Waals surface area contributed by atoms with Gasteiger partial charge in [-0.3, -0.25) is 4.90 Å². The Labute approximate surface area is 51.8 Å². The summed E-state index contributed by atoms with van der Waals surface area (Å²) in [4.78, 5) is 2.11. The number of likely N-dealkylation sites (N-methyl/N-ethyl adjacent to an activating group) is 1. The maximum absolute atomic E-state index is 7.05. The lowest BCUT2D eigenvalue weighted by molar-refractivity contribution is -0.530. The third-order valence-corrected chi connectivity index (χ3v) is 1.46. The molecule has 1 aliphatic rings. The van der Waals surface area contributed by atoms with Crippen LogP contribution in [0.3, 0.4) is 0 Å². The number of hydrogen-bond donors (Lipinski definition) is 0. The Morgan fingerprint density at radius 2 is 2.25 bits per heavy atom. The van der Waals surface area contributed by atoms with Crippen LogP contribution in [0.5, 0.6) is 0 Å². The first-order chi connectivity index (χ1) is 4.33. The van der Waals surface area contributed by atoms with Gasteiger partial charge >= 0.3 is 0 Å². The zero-order chi connectivity index (χ0) is 6.69. The van der Waals surface area contributed by atoms with E-state index in [0.717, 1.165) is 26.2 Å². The molecule has 0 aromatic heterocycles. The molecule has 1 aliphatic heterocycles. The second kappa shape index (κ2) is 2.27. The molecular weight excluding hydrogens is 100 g/mol. The van der Waals surface area contributed by atoms with Gasteiger partial charge in [0, 0.05) is 1.37 Å². The van der Waals surface area contributed by atoms with Gasteiger partial charge in [0.15, 0.2) is 13.1 Å². The third-order valence-electron chi connectivity index (χ3n) is 1.46. The molecule has 0 N–H and O–H groups in total. The standard InChI is InChI=1S/C6H13N2/c1-7-3-5-8(2)6-4-7/h1,3-6H2,2H3/q+1/i2D. The van der Waals surface area contributed by atoms with Gasteiger partial charge in [-0.15, -0.1) is 0 Å². The summed E-state index contributed by atoms with van der Waals surface area (Å²) in [6, 6.07) is 0. The third kappa shape index (κ3) is 1.30. The summed E-state index contributed by atoms with van der Waals surface area (Å²) in [5, 5.41) is 0. The van der Waals surface area contributed by atoms with Gasteiger partial charge in [-0.25, -0.2) is 4.58 Å². The van der Waals surface area contributed by atoms with Crippen molar-refractivity contribution in [2.45, 2.75) is 0 Å². The highest BCUT2D eigenvalue weighted by Crippen LogP contribution is 1.89. The Morgan fingerprint density at radius 1 is 1.62 bits per heavy atom. The van der Waals surface area contributed by atoms with Crippen molar-refractivity contribution in [3.05, 3.63) is 0 Å². The molecule has 0 radical (unpaired) electrons. The Balaban J connectivity index is 2.26. The second-order valence-corrected chi connectivity index (χ2v) is 2.24. The van der Waals surface area contributed by atoms with Crippen LogP contribution in [0.15, 0.2) is 0 Å². The Bertz CT molecular complexity index is 104. The summed E-state index contributed by atoms with van der Waals surface area (Å²) in [7, 11) is 0.438. The van der Waals surface area contributed by atoms with E-state index in [1.54, 1.807) is 0 Å². The van der Waals surface area contributed by atoms with Crippen LogP contribution in [0.1, 0.15) is 1.37 Å². The first kappa shape index (κ1) is 4.50. The van der Waals surface area contributed by atoms with Crippen LogP contribution in [0, 0.1) is 0 Å². The molecule has 0 aromatic carbocycles. The van der Waals surface area contributed by atoms with Gasteiger partial charge < -0.3 is 0 Å². The number of piperazine rings is 1. The summed E-state index contributed by atoms with van der Waals surface area (Å²) < 4.78 is 9.10. The average molecular weight is 114 g/mol. The van der Waals surface area contributed by atoms with Crippen molar-refractivity contribution in [2.75, 3.05) is 33.2 Å². The highest BCUT2D eigenvalue weighted by atomic mass is 15.2. The van der Waals surface area contributed by atoms with Crippen molar-refractivity contribution in [3.63, 3.8) is 0 Å². The fourth-order valence-corrected chi connectivity index (χ4v) is 0.789. The summed E-state index contributed by atoms with van der Waals surface area (Å²) >= 11 is 0. The number of rotatable bonds is 0. The Hall–Kier alpha value is -0.370. The minimum atomic E-state index is 0.438. The monoisotopic (exact) mass is 114 g/mol. The van der Waals surface area contributed by atoms with Gasteiger partial charge in [0.25, 0.3) is 0 Å². The van der Waals surface area contributed by atoms with Crippen LogP contribution >= 0.6 is 0 Å². The lowest BCUT2D eigenvalue weighted by atomic mass is 10.4. The molecule has 2 heteroatoms. The van der Waals surface area contributed by atoms with Crippen LogP contribution in [0.2, 0.25) is 0 Å². The zero-order valence-electron chi connectivity index (χ0n) is 6.14. The molecule has 0 bridgehead atoms. The highest BCUT2D eigenvalue weighted by Gasteiger charge is 2.11. The van der Waals surface area contributed by atoms with Crippen molar-refractivity contribution >= 4 is 6.72 Å². The van der Waals surface area contributed by atoms with Crippen LogP contribution < -0.4 is 0 Å². The van der Waals surface area contributed by atoms with E-state index in [0.29, 0.717) is 7.02 Å². The van der Waals surface area contributed by atoms with Crippen molar-refractivity contribution in [1.29, 1.82) is 0 Å². The van der Waals surface area contributed by atoms with Gasteiger partial charge in [-0.2, -0.15) is 0 Å². The van der Waals surface area contributed by atoms with Crippen molar-refractivity contribution in [3.8, 4) is 0 Å². The van der Waals surface area contributed by atoms with Crippen molar-refractivity contribution in [1.82, 2.24) is 4.90 Å². The lowest BCUT2D eigenvalue weighted by Crippen LogP contribution is -2.38. The molecule has 0 amide bonds. The maximum Gasteiger partial charge on any atom is 0.154 e. The number of hydrogen-bond acceptors (Lipinski definition) is 1. The van der Waals surface area contributed by atoms with Crippen molar-refractivity contribution in [2.24, 2.45) is 0 Å². The first-order valence-corrected chi connectivity index (χ1v) is 2.90. The van der Waals surface area contributed by atoms with E-state index >= 15 is 0 Å². The fourth-order valence-electron chi connectivity index (χ4n) is 0.789. The molecule has 1 saturated heterocycles. The minimum Gasteiger partial charge on any atom is -0.294 e. The van der Waals surface area contributed by atoms with E-state index < -0.39 is 0 Å². The molecule has 0 atom stereocenters. The van der Waals surface area contributed by atoms with E-state index in [1.807, 2.05) is 4.58 Å². The maximum atomic E-state index is 7.05. The summed E-state index contributed by atoms with van der Waals surface area (Å²) in [5.41, 5.74) is 0. The topological polar surface area (TPSA) is 6.25 Å². The number of nitrogens with zero attached hydrogens (tertiary/aromatic N) is 2. The lowest BCUT2D eigenvalue weighted by Gasteiger charge is -2.18. The first-order valence-electron chi connectivity index (χ1n) is 3.60. The summed E-state index contributed by atoms with van der Waals surface area (Å²) in [5.74, 6) is 0. The second-order valence-electron chi connectivity index (χ2n) is 2.24. The average Bonchev–Trinajstić information content (AvgIpc) is 1.90. The van der Waals surface area contributed by atoms with E-state index in [-0.39, 0.29) is 0 Å². The Kier molecular flexibility index (Phi) is 1.28. The van der Waals surface area contributed by atoms with Gasteiger partial charge in [0.05, 0.1) is 13.1 Å². The molecule has 0 aliphatic carbocycles. The van der Waals surface area contributed by atoms with E-state index in [1.165, 1.54) is 0 Å². The molecule has 1 rings (SSSR count). The van der Waals surface area contributed by atoms with Crippen LogP contribution in [0.4, 0.5) is 0 Å². The molecule has 8 heavy (non-hydrogen) atoms. The molecule has 0 unspecified atom stereocenters. The SMILES string of the molecule is [2H]CN1CC[N+](=C)CC1. The fraction of sp³-hybridized carbons (Fsp3) is 0.833. The summed E-state index contributed by atoms with van der Waals surface area (Å²) in [6.45, 7) is 7.85. The molecule has 1 fully saturated rings. The van der Waals surface area contributed by atoms with Crippen LogP contribution in [-0.4, -0.2) is 49.4 Å². The van der Waals surface area contributed by atoms with Gasteiger partial charge in [0.2, 0.25) is 0 Å². The minimum absolute atomic E-state index is 0.438. The predicted octanol–water partition coefficient (Wildman–Crippen LogP) is -0.355. The van der Waals surface area contributed by atoms with Crippen molar-refractivity contribution < 1.29 is 5.95 Å². The van der Waals surface area contributed by atoms with Gasteiger partial charge in [0.1, 0.15) is 6.72 Å². The normalized spacial score (nSPS) is 25.5. The van der Waals surface area contributed by atoms with E-state index in [4.69, 9.17) is 1.37 Å². The molecule has 0 aromatic rings. The quantitative estimate of drug-likeness (QED) is 0.390. The molecule has 0 saturated carbocycles. The molecular formula is C6H13N2+. The zero-order valence-corrected chi connectivity index (χ0v) is 5.14. The molecule has 2 nitrogen and oxygen atoms in total. The predicted molar refractivity (Wildman–Crippen MR) is 34.6 cm³/mol. The highest BCUT2D eigenvalue weighted by molar-refractivity contribution is 5.14. The molecule has 0 spiro atoms. The van der Waals surface area contributed by atoms with Gasteiger partial charge in [-0.1, -0.05) is 0 Å².